The van der Waals surface area contributed by atoms with Crippen LogP contribution in [0, 0.1) is 10.8 Å². The third-order valence-corrected chi connectivity index (χ3v) is 3.60. The van der Waals surface area contributed by atoms with Crippen LogP contribution in [0.5, 0.6) is 0 Å². The Hall–Kier alpha value is -0.610. The summed E-state index contributed by atoms with van der Waals surface area (Å²) in [5.41, 5.74) is -0.0365. The summed E-state index contributed by atoms with van der Waals surface area (Å²) in [6, 6.07) is 0. The maximum absolute atomic E-state index is 12.3. The molecule has 0 unspecified atom stereocenters. The molecule has 0 radical (unpaired) electrons. The summed E-state index contributed by atoms with van der Waals surface area (Å²) in [6.45, 7) is 16.4. The van der Waals surface area contributed by atoms with Crippen molar-refractivity contribution in [3.8, 4) is 0 Å². The minimum absolute atomic E-state index is 0.176. The molecule has 0 aromatic carbocycles. The average Bonchev–Trinajstić information content (AvgIpc) is 2.27. The number of nitrogens with one attached hydrogen (secondary N) is 2. The Kier molecular flexibility index (Phi) is 5.81. The van der Waals surface area contributed by atoms with Crippen molar-refractivity contribution in [1.29, 1.82) is 0 Å². The molecule has 0 aromatic heterocycles. The third kappa shape index (κ3) is 6.39. The fraction of sp³-hybridized carbons (Fsp3) is 0.933. The first-order valence-corrected chi connectivity index (χ1v) is 7.42. The fourth-order valence-corrected chi connectivity index (χ4v) is 2.29. The average molecular weight is 269 g/mol. The molecule has 1 fully saturated rings. The lowest BCUT2D eigenvalue weighted by Gasteiger charge is -2.34. The van der Waals surface area contributed by atoms with E-state index in [2.05, 4.69) is 36.3 Å². The Labute approximate surface area is 118 Å². The fourth-order valence-electron chi connectivity index (χ4n) is 2.29. The summed E-state index contributed by atoms with van der Waals surface area (Å²) in [6.07, 6.45) is 1.02. The van der Waals surface area contributed by atoms with Gasteiger partial charge in [-0.1, -0.05) is 20.8 Å². The van der Waals surface area contributed by atoms with Gasteiger partial charge in [0.05, 0.1) is 5.41 Å². The van der Waals surface area contributed by atoms with Crippen molar-refractivity contribution in [1.82, 2.24) is 15.5 Å². The van der Waals surface area contributed by atoms with Crippen molar-refractivity contribution in [3.63, 3.8) is 0 Å². The molecule has 4 nitrogen and oxygen atoms in total. The molecule has 19 heavy (non-hydrogen) atoms. The molecule has 0 bridgehead atoms. The van der Waals surface area contributed by atoms with Crippen molar-refractivity contribution in [2.75, 3.05) is 39.3 Å². The number of rotatable bonds is 5. The van der Waals surface area contributed by atoms with Crippen LogP contribution < -0.4 is 10.6 Å². The molecule has 0 atom stereocenters. The Morgan fingerprint density at radius 3 is 2.26 bits per heavy atom. The van der Waals surface area contributed by atoms with Crippen LogP contribution in [-0.4, -0.2) is 50.1 Å². The zero-order valence-corrected chi connectivity index (χ0v) is 13.3. The minimum Gasteiger partial charge on any atom is -0.356 e. The highest BCUT2D eigenvalue weighted by Crippen LogP contribution is 2.20. The van der Waals surface area contributed by atoms with Crippen molar-refractivity contribution in [3.05, 3.63) is 0 Å². The summed E-state index contributed by atoms with van der Waals surface area (Å²) < 4.78 is 0. The molecule has 0 aliphatic carbocycles. The van der Waals surface area contributed by atoms with E-state index in [0.29, 0.717) is 0 Å². The summed E-state index contributed by atoms with van der Waals surface area (Å²) in [5, 5.41) is 6.43. The number of piperazine rings is 1. The SMILES string of the molecule is CC(C)(C)CCNC(=O)C(C)(C)CN1CCNCC1. The summed E-state index contributed by atoms with van der Waals surface area (Å²) >= 11 is 0. The highest BCUT2D eigenvalue weighted by molar-refractivity contribution is 5.82. The van der Waals surface area contributed by atoms with E-state index in [0.717, 1.165) is 45.7 Å². The normalized spacial score (nSPS) is 18.4. The van der Waals surface area contributed by atoms with Gasteiger partial charge in [0.15, 0.2) is 0 Å². The third-order valence-electron chi connectivity index (χ3n) is 3.60. The number of hydrogen-bond donors (Lipinski definition) is 2. The number of nitrogens with zero attached hydrogens (tertiary/aromatic N) is 1. The molecular weight excluding hydrogens is 238 g/mol. The zero-order valence-electron chi connectivity index (χ0n) is 13.3. The van der Waals surface area contributed by atoms with Crippen molar-refractivity contribution < 1.29 is 4.79 Å². The molecule has 1 aliphatic rings. The van der Waals surface area contributed by atoms with Crippen molar-refractivity contribution in [2.45, 2.75) is 41.0 Å². The summed E-state index contributed by atoms with van der Waals surface area (Å²) in [4.78, 5) is 14.6. The Balaban J connectivity index is 2.35. The highest BCUT2D eigenvalue weighted by Gasteiger charge is 2.30. The molecule has 1 amide bonds. The topological polar surface area (TPSA) is 44.4 Å². The molecule has 1 aliphatic heterocycles. The van der Waals surface area contributed by atoms with E-state index in [9.17, 15) is 4.79 Å². The van der Waals surface area contributed by atoms with Gasteiger partial charge in [-0.05, 0) is 25.7 Å². The summed E-state index contributed by atoms with van der Waals surface area (Å²) in [5.74, 6) is 0.176. The number of hydrogen-bond acceptors (Lipinski definition) is 3. The van der Waals surface area contributed by atoms with E-state index >= 15 is 0 Å². The molecule has 1 saturated heterocycles. The first-order valence-electron chi connectivity index (χ1n) is 7.42. The molecule has 0 spiro atoms. The van der Waals surface area contributed by atoms with E-state index in [1.807, 2.05) is 13.8 Å². The number of carbonyl (C=O) groups excluding carboxylic acids is 1. The smallest absolute Gasteiger partial charge is 0.226 e. The summed E-state index contributed by atoms with van der Waals surface area (Å²) in [7, 11) is 0. The molecule has 0 aromatic rings. The van der Waals surface area contributed by atoms with E-state index < -0.39 is 0 Å². The van der Waals surface area contributed by atoms with Gasteiger partial charge in [0.1, 0.15) is 0 Å². The van der Waals surface area contributed by atoms with Crippen LogP contribution in [0.25, 0.3) is 0 Å². The van der Waals surface area contributed by atoms with Crippen molar-refractivity contribution in [2.24, 2.45) is 10.8 Å². The molecule has 112 valence electrons. The standard InChI is InChI=1S/C15H31N3O/c1-14(2,3)6-7-17-13(19)15(4,5)12-18-10-8-16-9-11-18/h16H,6-12H2,1-5H3,(H,17,19). The highest BCUT2D eigenvalue weighted by atomic mass is 16.2. The second-order valence-corrected chi connectivity index (χ2v) is 7.48. The predicted octanol–water partition coefficient (Wildman–Crippen LogP) is 1.47. The minimum atomic E-state index is -0.310. The monoisotopic (exact) mass is 269 g/mol. The van der Waals surface area contributed by atoms with Gasteiger partial charge in [0.2, 0.25) is 5.91 Å². The van der Waals surface area contributed by atoms with E-state index in [1.165, 1.54) is 0 Å². The first kappa shape index (κ1) is 16.4. The molecular formula is C15H31N3O. The van der Waals surface area contributed by atoms with Gasteiger partial charge in [-0.25, -0.2) is 0 Å². The van der Waals surface area contributed by atoms with Crippen LogP contribution >= 0.6 is 0 Å². The second kappa shape index (κ2) is 6.71. The number of amides is 1. The molecule has 1 rings (SSSR count). The van der Waals surface area contributed by atoms with Crippen LogP contribution in [0.15, 0.2) is 0 Å². The predicted molar refractivity (Wildman–Crippen MR) is 80.2 cm³/mol. The largest absolute Gasteiger partial charge is 0.356 e. The number of carbonyl (C=O) groups is 1. The lowest BCUT2D eigenvalue weighted by Crippen LogP contribution is -2.51. The van der Waals surface area contributed by atoms with Crippen LogP contribution in [0.4, 0.5) is 0 Å². The maximum Gasteiger partial charge on any atom is 0.226 e. The van der Waals surface area contributed by atoms with Gasteiger partial charge in [0.25, 0.3) is 0 Å². The van der Waals surface area contributed by atoms with Gasteiger partial charge >= 0.3 is 0 Å². The Morgan fingerprint density at radius 1 is 1.16 bits per heavy atom. The van der Waals surface area contributed by atoms with Crippen LogP contribution in [0.1, 0.15) is 41.0 Å². The van der Waals surface area contributed by atoms with Crippen LogP contribution in [0.3, 0.4) is 0 Å². The molecule has 2 N–H and O–H groups in total. The van der Waals surface area contributed by atoms with Gasteiger partial charge in [-0.2, -0.15) is 0 Å². The molecule has 1 heterocycles. The zero-order chi connectivity index (χ0) is 14.5. The molecule has 4 heteroatoms. The lowest BCUT2D eigenvalue weighted by atomic mass is 9.89. The Bertz CT molecular complexity index is 288. The Morgan fingerprint density at radius 2 is 1.74 bits per heavy atom. The van der Waals surface area contributed by atoms with E-state index in [4.69, 9.17) is 0 Å². The van der Waals surface area contributed by atoms with E-state index in [1.54, 1.807) is 0 Å². The van der Waals surface area contributed by atoms with Gasteiger partial charge < -0.3 is 10.6 Å². The van der Waals surface area contributed by atoms with Crippen LogP contribution in [0.2, 0.25) is 0 Å². The van der Waals surface area contributed by atoms with Crippen LogP contribution in [-0.2, 0) is 4.79 Å². The van der Waals surface area contributed by atoms with Gasteiger partial charge in [-0.3, -0.25) is 9.69 Å². The lowest BCUT2D eigenvalue weighted by molar-refractivity contribution is -0.130. The van der Waals surface area contributed by atoms with Crippen molar-refractivity contribution >= 4 is 5.91 Å². The second-order valence-electron chi connectivity index (χ2n) is 7.48. The maximum atomic E-state index is 12.3. The first-order chi connectivity index (χ1) is 8.71. The van der Waals surface area contributed by atoms with Gasteiger partial charge in [0, 0.05) is 39.3 Å². The van der Waals surface area contributed by atoms with Gasteiger partial charge in [-0.15, -0.1) is 0 Å². The quantitative estimate of drug-likeness (QED) is 0.794. The van der Waals surface area contributed by atoms with E-state index in [-0.39, 0.29) is 16.7 Å². The molecule has 0 saturated carbocycles.